The first-order valence-electron chi connectivity index (χ1n) is 6.88. The zero-order chi connectivity index (χ0) is 13.7. The van der Waals surface area contributed by atoms with Gasteiger partial charge in [0, 0.05) is 44.0 Å². The van der Waals surface area contributed by atoms with Gasteiger partial charge >= 0.3 is 0 Å². The molecule has 4 nitrogen and oxygen atoms in total. The van der Waals surface area contributed by atoms with E-state index in [1.54, 1.807) is 12.3 Å². The van der Waals surface area contributed by atoms with E-state index >= 15 is 0 Å². The number of hydrogen-bond acceptors (Lipinski definition) is 4. The quantitative estimate of drug-likeness (QED) is 0.904. The Hall–Kier alpha value is -1.20. The van der Waals surface area contributed by atoms with Crippen LogP contribution in [0.4, 0.5) is 10.2 Å². The predicted molar refractivity (Wildman–Crippen MR) is 73.8 cm³/mol. The lowest BCUT2D eigenvalue weighted by molar-refractivity contribution is 0.152. The maximum absolute atomic E-state index is 14.5. The molecule has 0 saturated carbocycles. The highest BCUT2D eigenvalue weighted by molar-refractivity contribution is 5.43. The van der Waals surface area contributed by atoms with Gasteiger partial charge in [0.15, 0.2) is 11.6 Å². The second kappa shape index (κ2) is 6.82. The largest absolute Gasteiger partial charge is 0.380 e. The van der Waals surface area contributed by atoms with Crippen LogP contribution in [0.3, 0.4) is 0 Å². The third-order valence-corrected chi connectivity index (χ3v) is 3.17. The van der Waals surface area contributed by atoms with E-state index in [2.05, 4.69) is 10.3 Å². The molecule has 2 rings (SSSR count). The second-order valence-electron chi connectivity index (χ2n) is 5.10. The van der Waals surface area contributed by atoms with Gasteiger partial charge in [0.25, 0.3) is 0 Å². The van der Waals surface area contributed by atoms with Crippen LogP contribution < -0.4 is 10.2 Å². The van der Waals surface area contributed by atoms with Gasteiger partial charge in [-0.2, -0.15) is 0 Å². The van der Waals surface area contributed by atoms with Gasteiger partial charge in [0.1, 0.15) is 0 Å². The summed E-state index contributed by atoms with van der Waals surface area (Å²) in [5, 5.41) is 3.23. The molecule has 1 aliphatic rings. The first kappa shape index (κ1) is 14.2. The van der Waals surface area contributed by atoms with Crippen molar-refractivity contribution >= 4 is 5.82 Å². The molecule has 0 radical (unpaired) electrons. The van der Waals surface area contributed by atoms with Crippen molar-refractivity contribution in [3.63, 3.8) is 0 Å². The Morgan fingerprint density at radius 1 is 1.42 bits per heavy atom. The van der Waals surface area contributed by atoms with E-state index in [0.29, 0.717) is 37.1 Å². The molecule has 0 aliphatic carbocycles. The highest BCUT2D eigenvalue weighted by Crippen LogP contribution is 2.20. The molecule has 1 fully saturated rings. The number of rotatable bonds is 4. The topological polar surface area (TPSA) is 37.4 Å². The van der Waals surface area contributed by atoms with Crippen LogP contribution in [0, 0.1) is 5.82 Å². The first-order chi connectivity index (χ1) is 9.18. The SMILES string of the molecule is CC(C)NCc1ccnc(N2CCCOCC2)c1F. The van der Waals surface area contributed by atoms with Gasteiger partial charge in [0.2, 0.25) is 0 Å². The van der Waals surface area contributed by atoms with Crippen LogP contribution in [0.25, 0.3) is 0 Å². The number of ether oxygens (including phenoxy) is 1. The summed E-state index contributed by atoms with van der Waals surface area (Å²) in [6.07, 6.45) is 2.59. The Kier molecular flexibility index (Phi) is 5.10. The van der Waals surface area contributed by atoms with Gasteiger partial charge in [-0.25, -0.2) is 9.37 Å². The maximum Gasteiger partial charge on any atom is 0.170 e. The van der Waals surface area contributed by atoms with E-state index in [-0.39, 0.29) is 5.82 Å². The molecule has 1 aliphatic heterocycles. The fourth-order valence-corrected chi connectivity index (χ4v) is 2.10. The third-order valence-electron chi connectivity index (χ3n) is 3.17. The van der Waals surface area contributed by atoms with Crippen LogP contribution in [0.1, 0.15) is 25.8 Å². The lowest BCUT2D eigenvalue weighted by Crippen LogP contribution is -2.29. The summed E-state index contributed by atoms with van der Waals surface area (Å²) >= 11 is 0. The third kappa shape index (κ3) is 3.88. The first-order valence-corrected chi connectivity index (χ1v) is 6.88. The molecule has 1 aromatic rings. The molecule has 0 atom stereocenters. The molecule has 1 saturated heterocycles. The Labute approximate surface area is 114 Å². The van der Waals surface area contributed by atoms with E-state index in [1.807, 2.05) is 18.7 Å². The smallest absolute Gasteiger partial charge is 0.170 e. The molecule has 5 heteroatoms. The number of nitrogens with one attached hydrogen (secondary N) is 1. The number of aromatic nitrogens is 1. The fraction of sp³-hybridized carbons (Fsp3) is 0.643. The van der Waals surface area contributed by atoms with Crippen LogP contribution in [0.2, 0.25) is 0 Å². The minimum Gasteiger partial charge on any atom is -0.380 e. The number of halogens is 1. The van der Waals surface area contributed by atoms with E-state index in [0.717, 1.165) is 19.6 Å². The molecular weight excluding hydrogens is 245 g/mol. The van der Waals surface area contributed by atoms with Gasteiger partial charge in [-0.05, 0) is 12.5 Å². The molecule has 0 bridgehead atoms. The molecular formula is C14H22FN3O. The molecule has 19 heavy (non-hydrogen) atoms. The monoisotopic (exact) mass is 267 g/mol. The second-order valence-corrected chi connectivity index (χ2v) is 5.10. The minimum absolute atomic E-state index is 0.211. The van der Waals surface area contributed by atoms with Gasteiger partial charge < -0.3 is 15.0 Å². The summed E-state index contributed by atoms with van der Waals surface area (Å²) in [6, 6.07) is 2.07. The molecule has 0 unspecified atom stereocenters. The van der Waals surface area contributed by atoms with Crippen molar-refractivity contribution in [1.29, 1.82) is 0 Å². The molecule has 0 aromatic carbocycles. The van der Waals surface area contributed by atoms with Crippen molar-refractivity contribution < 1.29 is 9.13 Å². The van der Waals surface area contributed by atoms with E-state index < -0.39 is 0 Å². The highest BCUT2D eigenvalue weighted by atomic mass is 19.1. The van der Waals surface area contributed by atoms with Gasteiger partial charge in [-0.3, -0.25) is 0 Å². The number of pyridine rings is 1. The Bertz CT molecular complexity index is 404. The molecule has 0 amide bonds. The van der Waals surface area contributed by atoms with Gasteiger partial charge in [-0.1, -0.05) is 13.8 Å². The van der Waals surface area contributed by atoms with Crippen LogP contribution in [-0.2, 0) is 11.3 Å². The van der Waals surface area contributed by atoms with Crippen LogP contribution >= 0.6 is 0 Å². The summed E-state index contributed by atoms with van der Waals surface area (Å²) < 4.78 is 19.8. The summed E-state index contributed by atoms with van der Waals surface area (Å²) in [6.45, 7) is 7.50. The molecule has 2 heterocycles. The summed E-state index contributed by atoms with van der Waals surface area (Å²) in [4.78, 5) is 6.17. The van der Waals surface area contributed by atoms with Crippen molar-refractivity contribution in [2.75, 3.05) is 31.2 Å². The molecule has 1 aromatic heterocycles. The Balaban J connectivity index is 2.13. The minimum atomic E-state index is -0.211. The van der Waals surface area contributed by atoms with E-state index in [9.17, 15) is 4.39 Å². The van der Waals surface area contributed by atoms with Crippen molar-refractivity contribution in [2.24, 2.45) is 0 Å². The van der Waals surface area contributed by atoms with Crippen molar-refractivity contribution in [3.05, 3.63) is 23.6 Å². The molecule has 1 N–H and O–H groups in total. The molecule has 0 spiro atoms. The van der Waals surface area contributed by atoms with Crippen molar-refractivity contribution in [1.82, 2.24) is 10.3 Å². The normalized spacial score (nSPS) is 16.7. The maximum atomic E-state index is 14.5. The average Bonchev–Trinajstić information content (AvgIpc) is 2.66. The summed E-state index contributed by atoms with van der Waals surface area (Å²) in [5.41, 5.74) is 0.670. The van der Waals surface area contributed by atoms with Crippen molar-refractivity contribution in [3.8, 4) is 0 Å². The van der Waals surface area contributed by atoms with Crippen LogP contribution in [0.15, 0.2) is 12.3 Å². The zero-order valence-electron chi connectivity index (χ0n) is 11.7. The number of hydrogen-bond donors (Lipinski definition) is 1. The highest BCUT2D eigenvalue weighted by Gasteiger charge is 2.17. The average molecular weight is 267 g/mol. The van der Waals surface area contributed by atoms with E-state index in [1.165, 1.54) is 0 Å². The summed E-state index contributed by atoms with van der Waals surface area (Å²) in [5.74, 6) is 0.242. The predicted octanol–water partition coefficient (Wildman–Crippen LogP) is 1.95. The van der Waals surface area contributed by atoms with Gasteiger partial charge in [-0.15, -0.1) is 0 Å². The lowest BCUT2D eigenvalue weighted by atomic mass is 10.2. The van der Waals surface area contributed by atoms with Crippen molar-refractivity contribution in [2.45, 2.75) is 32.9 Å². The number of nitrogens with zero attached hydrogens (tertiary/aromatic N) is 2. The fourth-order valence-electron chi connectivity index (χ4n) is 2.10. The molecule has 106 valence electrons. The number of anilines is 1. The van der Waals surface area contributed by atoms with Gasteiger partial charge in [0.05, 0.1) is 6.61 Å². The van der Waals surface area contributed by atoms with Crippen LogP contribution in [0.5, 0.6) is 0 Å². The Morgan fingerprint density at radius 2 is 2.26 bits per heavy atom. The Morgan fingerprint density at radius 3 is 3.05 bits per heavy atom. The standard InChI is InChI=1S/C14H22FN3O/c1-11(2)17-10-12-4-5-16-14(13(12)15)18-6-3-8-19-9-7-18/h4-5,11,17H,3,6-10H2,1-2H3. The zero-order valence-corrected chi connectivity index (χ0v) is 11.7. The summed E-state index contributed by atoms with van der Waals surface area (Å²) in [7, 11) is 0. The van der Waals surface area contributed by atoms with E-state index in [4.69, 9.17) is 4.74 Å². The lowest BCUT2D eigenvalue weighted by Gasteiger charge is -2.22. The van der Waals surface area contributed by atoms with Crippen LogP contribution in [-0.4, -0.2) is 37.3 Å².